The maximum atomic E-state index is 12.1. The molecule has 2 atom stereocenters. The van der Waals surface area contributed by atoms with E-state index in [4.69, 9.17) is 9.47 Å². The van der Waals surface area contributed by atoms with Gasteiger partial charge in [-0.1, -0.05) is 153 Å². The minimum Gasteiger partial charge on any atom is -0.423 e. The lowest BCUT2D eigenvalue weighted by Crippen LogP contribution is -2.35. The Kier molecular flexibility index (Phi) is 11.8. The Hall–Kier alpha value is -6.98. The first-order valence-electron chi connectivity index (χ1n) is 19.6. The van der Waals surface area contributed by atoms with Crippen molar-refractivity contribution in [2.24, 2.45) is 0 Å². The Morgan fingerprint density at radius 3 is 1.59 bits per heavy atom. The molecule has 58 heavy (non-hydrogen) atoms. The maximum Gasteiger partial charge on any atom is 0.335 e. The number of esters is 2. The Labute approximate surface area is 341 Å². The van der Waals surface area contributed by atoms with Crippen molar-refractivity contribution in [2.75, 3.05) is 4.90 Å². The Morgan fingerprint density at radius 1 is 0.638 bits per heavy atom. The van der Waals surface area contributed by atoms with Gasteiger partial charge in [-0.05, 0) is 108 Å². The molecule has 0 fully saturated rings. The highest BCUT2D eigenvalue weighted by molar-refractivity contribution is 5.84. The van der Waals surface area contributed by atoms with E-state index in [-0.39, 0.29) is 12.0 Å². The smallest absolute Gasteiger partial charge is 0.335 e. The Morgan fingerprint density at radius 2 is 1.10 bits per heavy atom. The van der Waals surface area contributed by atoms with Crippen LogP contribution in [0.3, 0.4) is 0 Å². The van der Waals surface area contributed by atoms with Crippen LogP contribution in [-0.2, 0) is 15.0 Å². The molecule has 0 N–H and O–H groups in total. The zero-order valence-corrected chi connectivity index (χ0v) is 33.2. The molecule has 5 nitrogen and oxygen atoms in total. The highest BCUT2D eigenvalue weighted by atomic mass is 16.5. The van der Waals surface area contributed by atoms with E-state index in [0.717, 1.165) is 57.6 Å². The molecule has 0 amide bonds. The van der Waals surface area contributed by atoms with Crippen LogP contribution >= 0.6 is 0 Å². The molecule has 6 aromatic carbocycles. The van der Waals surface area contributed by atoms with Gasteiger partial charge in [0.05, 0.1) is 11.5 Å². The third-order valence-corrected chi connectivity index (χ3v) is 11.0. The number of allylic oxidation sites excluding steroid dienone is 2. The van der Waals surface area contributed by atoms with Gasteiger partial charge in [0.2, 0.25) is 0 Å². The van der Waals surface area contributed by atoms with Crippen LogP contribution in [0.4, 0.5) is 11.4 Å². The lowest BCUT2D eigenvalue weighted by atomic mass is 9.60. The average Bonchev–Trinajstić information content (AvgIpc) is 3.26. The number of carbonyl (C=O) groups is 2. The van der Waals surface area contributed by atoms with Crippen molar-refractivity contribution in [2.45, 2.75) is 44.6 Å². The third kappa shape index (κ3) is 8.25. The number of nitrogens with zero attached hydrogens (tertiary/aromatic N) is 1. The van der Waals surface area contributed by atoms with Gasteiger partial charge in [0.15, 0.2) is 0 Å². The summed E-state index contributed by atoms with van der Waals surface area (Å²) in [5.41, 5.74) is 10.6. The second kappa shape index (κ2) is 17.4. The summed E-state index contributed by atoms with van der Waals surface area (Å²) in [5.74, 6) is -0.290. The minimum atomic E-state index is -0.715. The lowest BCUT2D eigenvalue weighted by Gasteiger charge is -2.42. The van der Waals surface area contributed by atoms with Crippen molar-refractivity contribution in [1.29, 1.82) is 0 Å². The maximum absolute atomic E-state index is 12.1. The molecule has 0 aromatic heterocycles. The van der Waals surface area contributed by atoms with E-state index in [9.17, 15) is 9.59 Å². The van der Waals surface area contributed by atoms with Gasteiger partial charge < -0.3 is 14.4 Å². The number of ether oxygens (including phenoxy) is 2. The van der Waals surface area contributed by atoms with Crippen molar-refractivity contribution < 1.29 is 19.1 Å². The van der Waals surface area contributed by atoms with E-state index in [2.05, 4.69) is 142 Å². The summed E-state index contributed by atoms with van der Waals surface area (Å²) in [4.78, 5) is 26.6. The summed E-state index contributed by atoms with van der Waals surface area (Å²) in [7, 11) is 0. The second-order valence-corrected chi connectivity index (χ2v) is 14.7. The van der Waals surface area contributed by atoms with Crippen LogP contribution in [0.25, 0.3) is 11.1 Å². The lowest BCUT2D eigenvalue weighted by molar-refractivity contribution is -0.129. The number of hydrogen-bond donors (Lipinski definition) is 0. The van der Waals surface area contributed by atoms with E-state index in [1.165, 1.54) is 16.8 Å². The van der Waals surface area contributed by atoms with Crippen LogP contribution in [0, 0.1) is 6.92 Å². The fourth-order valence-corrected chi connectivity index (χ4v) is 8.10. The van der Waals surface area contributed by atoms with Crippen LogP contribution < -0.4 is 14.4 Å². The van der Waals surface area contributed by atoms with Crippen molar-refractivity contribution in [1.82, 2.24) is 0 Å². The third-order valence-electron chi connectivity index (χ3n) is 11.0. The van der Waals surface area contributed by atoms with E-state index in [1.54, 1.807) is 0 Å². The van der Waals surface area contributed by atoms with Gasteiger partial charge in [0.1, 0.15) is 11.5 Å². The largest absolute Gasteiger partial charge is 0.423 e. The SMILES string of the molecule is C=CC(=O)Oc1ccc(C(c2ccccc2)(c2ccc(OC(=O)C=C)cc2)C(C)c2ccc(-c3ccc(N(c4ccc(C)cc4)C4C=C(C)C=CC4)cc3)cc2)cc1. The van der Waals surface area contributed by atoms with Crippen LogP contribution in [0.5, 0.6) is 11.5 Å². The molecule has 0 saturated carbocycles. The Balaban J connectivity index is 1.27. The average molecular weight is 762 g/mol. The quantitative estimate of drug-likeness (QED) is 0.0508. The molecule has 6 aromatic rings. The fraction of sp³-hybridized carbons (Fsp3) is 0.132. The van der Waals surface area contributed by atoms with Crippen LogP contribution in [-0.4, -0.2) is 18.0 Å². The molecule has 288 valence electrons. The molecule has 0 spiro atoms. The molecule has 1 aliphatic rings. The van der Waals surface area contributed by atoms with Gasteiger partial charge in [-0.2, -0.15) is 0 Å². The number of carbonyl (C=O) groups excluding carboxylic acids is 2. The highest BCUT2D eigenvalue weighted by Gasteiger charge is 2.42. The van der Waals surface area contributed by atoms with Gasteiger partial charge in [0.25, 0.3) is 0 Å². The molecular weight excluding hydrogens is 715 g/mol. The predicted molar refractivity (Wildman–Crippen MR) is 236 cm³/mol. The van der Waals surface area contributed by atoms with Gasteiger partial charge in [0, 0.05) is 23.5 Å². The highest BCUT2D eigenvalue weighted by Crippen LogP contribution is 2.50. The van der Waals surface area contributed by atoms with Gasteiger partial charge in [-0.15, -0.1) is 0 Å². The van der Waals surface area contributed by atoms with Crippen molar-refractivity contribution >= 4 is 23.3 Å². The molecule has 5 heteroatoms. The normalized spacial score (nSPS) is 14.1. The number of aryl methyl sites for hydroxylation is 1. The number of rotatable bonds is 13. The van der Waals surface area contributed by atoms with Gasteiger partial charge in [-0.25, -0.2) is 9.59 Å². The standard InChI is InChI=1S/C53H47NO4/c1-6-51(55)57-49-32-24-44(25-33-49)53(43-13-9-8-10-14-43,45-26-34-50(35-27-45)58-52(56)7-2)39(5)40-18-20-41(21-19-40)42-22-30-47(31-23-42)54(46-28-16-37(3)17-29-46)48-15-11-12-38(4)36-48/h6-14,16-36,39,48H,1-2,15H2,3-5H3. The summed E-state index contributed by atoms with van der Waals surface area (Å²) < 4.78 is 10.9. The van der Waals surface area contributed by atoms with Gasteiger partial charge >= 0.3 is 11.9 Å². The monoisotopic (exact) mass is 761 g/mol. The summed E-state index contributed by atoms with van der Waals surface area (Å²) in [6, 6.07) is 52.4. The molecule has 7 rings (SSSR count). The van der Waals surface area contributed by atoms with Crippen LogP contribution in [0.15, 0.2) is 201 Å². The topological polar surface area (TPSA) is 55.8 Å². The fourth-order valence-electron chi connectivity index (χ4n) is 8.10. The molecule has 0 radical (unpaired) electrons. The molecular formula is C53H47NO4. The van der Waals surface area contributed by atoms with Gasteiger partial charge in [-0.3, -0.25) is 0 Å². The summed E-state index contributed by atoms with van der Waals surface area (Å²) in [6.45, 7) is 13.6. The van der Waals surface area contributed by atoms with Crippen molar-refractivity contribution in [3.8, 4) is 22.6 Å². The summed E-state index contributed by atoms with van der Waals surface area (Å²) in [6.07, 6.45) is 10.0. The van der Waals surface area contributed by atoms with E-state index in [1.807, 2.05) is 66.7 Å². The van der Waals surface area contributed by atoms with E-state index < -0.39 is 17.4 Å². The number of hydrogen-bond acceptors (Lipinski definition) is 5. The first-order valence-corrected chi connectivity index (χ1v) is 19.6. The molecule has 1 aliphatic carbocycles. The molecule has 0 aliphatic heterocycles. The predicted octanol–water partition coefficient (Wildman–Crippen LogP) is 12.4. The van der Waals surface area contributed by atoms with E-state index in [0.29, 0.717) is 11.5 Å². The zero-order valence-electron chi connectivity index (χ0n) is 33.2. The molecule has 0 heterocycles. The Bertz CT molecular complexity index is 2380. The first-order chi connectivity index (χ1) is 28.2. The van der Waals surface area contributed by atoms with E-state index >= 15 is 0 Å². The zero-order chi connectivity index (χ0) is 40.6. The summed E-state index contributed by atoms with van der Waals surface area (Å²) in [5, 5.41) is 0. The van der Waals surface area contributed by atoms with Crippen molar-refractivity contribution in [3.63, 3.8) is 0 Å². The molecule has 2 unspecified atom stereocenters. The first kappa shape index (κ1) is 39.3. The number of anilines is 2. The minimum absolute atomic E-state index is 0.0985. The number of benzene rings is 6. The van der Waals surface area contributed by atoms with Crippen molar-refractivity contribution in [3.05, 3.63) is 229 Å². The summed E-state index contributed by atoms with van der Waals surface area (Å²) >= 11 is 0. The van der Waals surface area contributed by atoms with Crippen LogP contribution in [0.2, 0.25) is 0 Å². The molecule has 0 bridgehead atoms. The van der Waals surface area contributed by atoms with Crippen LogP contribution in [0.1, 0.15) is 54.0 Å². The molecule has 0 saturated heterocycles. The second-order valence-electron chi connectivity index (χ2n) is 14.7.